The average molecular weight is 404 g/mol. The minimum Gasteiger partial charge on any atom is -0.494 e. The molecule has 144 valence electrons. The maximum Gasteiger partial charge on any atom is 0.410 e. The van der Waals surface area contributed by atoms with Crippen molar-refractivity contribution >= 4 is 33.4 Å². The van der Waals surface area contributed by atoms with E-state index in [0.29, 0.717) is 26.0 Å². The number of hydrogen-bond acceptors (Lipinski definition) is 8. The number of esters is 1. The van der Waals surface area contributed by atoms with Gasteiger partial charge in [0.2, 0.25) is 0 Å². The number of ether oxygens (including phenoxy) is 3. The summed E-state index contributed by atoms with van der Waals surface area (Å²) in [5.41, 5.74) is 0.0910. The van der Waals surface area contributed by atoms with Crippen LogP contribution in [0.4, 0.5) is 4.79 Å². The molecule has 11 heteroatoms. The van der Waals surface area contributed by atoms with Crippen molar-refractivity contribution in [3.63, 3.8) is 0 Å². The molecule has 3 heterocycles. The Balaban J connectivity index is 1.76. The highest BCUT2D eigenvalue weighted by atomic mass is 32.2. The van der Waals surface area contributed by atoms with Crippen LogP contribution >= 0.6 is 11.3 Å². The van der Waals surface area contributed by atoms with Crippen molar-refractivity contribution in [1.82, 2.24) is 9.21 Å². The van der Waals surface area contributed by atoms with Gasteiger partial charge in [-0.1, -0.05) is 0 Å². The van der Waals surface area contributed by atoms with Crippen LogP contribution < -0.4 is 4.74 Å². The third-order valence-corrected chi connectivity index (χ3v) is 7.93. The van der Waals surface area contributed by atoms with Crippen molar-refractivity contribution in [3.05, 3.63) is 10.9 Å². The summed E-state index contributed by atoms with van der Waals surface area (Å²) in [6.07, 6.45) is 0.728. The molecule has 0 spiro atoms. The zero-order valence-corrected chi connectivity index (χ0v) is 16.1. The summed E-state index contributed by atoms with van der Waals surface area (Å²) >= 11 is 0.932. The van der Waals surface area contributed by atoms with E-state index in [2.05, 4.69) is 4.74 Å². The van der Waals surface area contributed by atoms with Crippen LogP contribution in [0.5, 0.6) is 5.75 Å². The molecule has 0 aromatic carbocycles. The van der Waals surface area contributed by atoms with Crippen LogP contribution in [0.3, 0.4) is 0 Å². The Labute approximate surface area is 155 Å². The maximum absolute atomic E-state index is 13.0. The number of carbonyl (C=O) groups excluding carboxylic acids is 2. The third-order valence-electron chi connectivity index (χ3n) is 4.55. The highest BCUT2D eigenvalue weighted by Gasteiger charge is 2.38. The summed E-state index contributed by atoms with van der Waals surface area (Å²) in [6.45, 7) is 1.48. The average Bonchev–Trinajstić information content (AvgIpc) is 3.27. The molecule has 1 amide bonds. The second kappa shape index (κ2) is 7.41. The number of carbonyl (C=O) groups is 2. The van der Waals surface area contributed by atoms with Crippen LogP contribution in [0.2, 0.25) is 0 Å². The van der Waals surface area contributed by atoms with E-state index in [1.807, 2.05) is 0 Å². The SMILES string of the molecule is COC(=O)c1csc(S(=O)(=O)N2CCC(N3CCOC3=O)CC2)c1OC. The Bertz CT molecular complexity index is 797. The first-order chi connectivity index (χ1) is 12.4. The zero-order chi connectivity index (χ0) is 18.9. The number of rotatable bonds is 5. The second-order valence-corrected chi connectivity index (χ2v) is 8.92. The monoisotopic (exact) mass is 404 g/mol. The van der Waals surface area contributed by atoms with Crippen molar-refractivity contribution in [2.24, 2.45) is 0 Å². The number of sulfonamides is 1. The Morgan fingerprint density at radius 2 is 1.96 bits per heavy atom. The normalized spacial score (nSPS) is 19.5. The molecule has 2 aliphatic rings. The molecule has 26 heavy (non-hydrogen) atoms. The topological polar surface area (TPSA) is 102 Å². The summed E-state index contributed by atoms with van der Waals surface area (Å²) in [5, 5.41) is 1.42. The van der Waals surface area contributed by atoms with Crippen molar-refractivity contribution in [3.8, 4) is 5.75 Å². The lowest BCUT2D eigenvalue weighted by atomic mass is 10.1. The van der Waals surface area contributed by atoms with Gasteiger partial charge in [0.15, 0.2) is 9.96 Å². The fraction of sp³-hybridized carbons (Fsp3) is 0.600. The lowest BCUT2D eigenvalue weighted by Crippen LogP contribution is -2.46. The molecule has 0 bridgehead atoms. The Hall–Kier alpha value is -1.85. The van der Waals surface area contributed by atoms with Gasteiger partial charge >= 0.3 is 12.1 Å². The minimum atomic E-state index is -3.80. The third kappa shape index (κ3) is 3.26. The number of amides is 1. The van der Waals surface area contributed by atoms with Crippen LogP contribution in [0.1, 0.15) is 23.2 Å². The van der Waals surface area contributed by atoms with Crippen molar-refractivity contribution in [2.45, 2.75) is 23.1 Å². The fourth-order valence-electron chi connectivity index (χ4n) is 3.20. The molecule has 0 unspecified atom stereocenters. The quantitative estimate of drug-likeness (QED) is 0.678. The molecule has 0 N–H and O–H groups in total. The van der Waals surface area contributed by atoms with E-state index in [9.17, 15) is 18.0 Å². The lowest BCUT2D eigenvalue weighted by molar-refractivity contribution is 0.0597. The number of cyclic esters (lactones) is 1. The van der Waals surface area contributed by atoms with Crippen molar-refractivity contribution < 1.29 is 32.2 Å². The van der Waals surface area contributed by atoms with Crippen molar-refractivity contribution in [1.29, 1.82) is 0 Å². The van der Waals surface area contributed by atoms with Gasteiger partial charge in [-0.25, -0.2) is 18.0 Å². The van der Waals surface area contributed by atoms with E-state index in [1.165, 1.54) is 23.9 Å². The maximum atomic E-state index is 13.0. The van der Waals surface area contributed by atoms with E-state index in [-0.39, 0.29) is 40.7 Å². The number of piperidine rings is 1. The molecular weight excluding hydrogens is 384 g/mol. The molecule has 0 aliphatic carbocycles. The van der Waals surface area contributed by atoms with Crippen LogP contribution in [-0.2, 0) is 19.5 Å². The first-order valence-corrected chi connectivity index (χ1v) is 10.4. The Morgan fingerprint density at radius 1 is 1.27 bits per heavy atom. The van der Waals surface area contributed by atoms with Gasteiger partial charge in [-0.05, 0) is 12.8 Å². The number of thiophene rings is 1. The Morgan fingerprint density at radius 3 is 2.50 bits per heavy atom. The first-order valence-electron chi connectivity index (χ1n) is 8.07. The molecule has 2 saturated heterocycles. The second-order valence-electron chi connectivity index (χ2n) is 5.90. The standard InChI is InChI=1S/C15H20N2O7S2/c1-22-12-11(13(18)23-2)9-25-14(12)26(20,21)16-5-3-10(4-6-16)17-7-8-24-15(17)19/h9-10H,3-8H2,1-2H3. The lowest BCUT2D eigenvalue weighted by Gasteiger charge is -2.34. The first kappa shape index (κ1) is 18.9. The van der Waals surface area contributed by atoms with Gasteiger partial charge in [0, 0.05) is 24.5 Å². The molecular formula is C15H20N2O7S2. The summed E-state index contributed by atoms with van der Waals surface area (Å²) in [6, 6.07) is -0.0210. The summed E-state index contributed by atoms with van der Waals surface area (Å²) in [5.74, 6) is -0.641. The number of hydrogen-bond donors (Lipinski definition) is 0. The van der Waals surface area contributed by atoms with Crippen LogP contribution in [0, 0.1) is 0 Å². The van der Waals surface area contributed by atoms with Crippen molar-refractivity contribution in [2.75, 3.05) is 40.5 Å². The van der Waals surface area contributed by atoms with Crippen LogP contribution in [0.15, 0.2) is 9.59 Å². The minimum absolute atomic E-state index is 0.00657. The summed E-state index contributed by atoms with van der Waals surface area (Å²) in [4.78, 5) is 25.1. The van der Waals surface area contributed by atoms with Gasteiger partial charge in [0.25, 0.3) is 10.0 Å². The van der Waals surface area contributed by atoms with Gasteiger partial charge in [0.05, 0.1) is 20.8 Å². The van der Waals surface area contributed by atoms with Gasteiger partial charge in [-0.3, -0.25) is 0 Å². The van der Waals surface area contributed by atoms with Crippen LogP contribution in [0.25, 0.3) is 0 Å². The fourth-order valence-corrected chi connectivity index (χ4v) is 6.23. The predicted octanol–water partition coefficient (Wildman–Crippen LogP) is 1.15. The molecule has 2 aliphatic heterocycles. The summed E-state index contributed by atoms with van der Waals surface area (Å²) in [7, 11) is -1.26. The molecule has 0 atom stereocenters. The molecule has 3 rings (SSSR count). The van der Waals surface area contributed by atoms with Gasteiger partial charge in [-0.15, -0.1) is 11.3 Å². The molecule has 0 saturated carbocycles. The van der Waals surface area contributed by atoms with E-state index in [1.54, 1.807) is 4.90 Å². The largest absolute Gasteiger partial charge is 0.494 e. The van der Waals surface area contributed by atoms with E-state index in [0.717, 1.165) is 11.3 Å². The van der Waals surface area contributed by atoms with Gasteiger partial charge in [0.1, 0.15) is 12.2 Å². The predicted molar refractivity (Wildman–Crippen MR) is 92.0 cm³/mol. The summed E-state index contributed by atoms with van der Waals surface area (Å²) < 4.78 is 42.1. The molecule has 1 aromatic heterocycles. The molecule has 0 radical (unpaired) electrons. The molecule has 1 aromatic rings. The van der Waals surface area contributed by atoms with E-state index < -0.39 is 16.0 Å². The molecule has 2 fully saturated rings. The Kier molecular flexibility index (Phi) is 5.39. The highest BCUT2D eigenvalue weighted by Crippen LogP contribution is 2.37. The number of nitrogens with zero attached hydrogens (tertiary/aromatic N) is 2. The zero-order valence-electron chi connectivity index (χ0n) is 14.5. The number of methoxy groups -OCH3 is 2. The van der Waals surface area contributed by atoms with Gasteiger partial charge in [-0.2, -0.15) is 4.31 Å². The van der Waals surface area contributed by atoms with E-state index in [4.69, 9.17) is 9.47 Å². The van der Waals surface area contributed by atoms with Gasteiger partial charge < -0.3 is 19.1 Å². The van der Waals surface area contributed by atoms with E-state index >= 15 is 0 Å². The smallest absolute Gasteiger partial charge is 0.410 e. The van der Waals surface area contributed by atoms with Crippen LogP contribution in [-0.4, -0.2) is 76.2 Å². The molecule has 9 nitrogen and oxygen atoms in total. The highest BCUT2D eigenvalue weighted by molar-refractivity contribution is 7.91.